The Morgan fingerprint density at radius 3 is 2.23 bits per heavy atom. The molecule has 3 aliphatic rings. The van der Waals surface area contributed by atoms with Gasteiger partial charge < -0.3 is 5.11 Å². The molecule has 1 aromatic heterocycles. The largest absolute Gasteiger partial charge is 0.481 e. The topological polar surface area (TPSA) is 82.5 Å². The lowest BCUT2D eigenvalue weighted by atomic mass is 9.53. The zero-order valence-electron chi connectivity index (χ0n) is 12.7. The first-order valence-corrected chi connectivity index (χ1v) is 7.67. The van der Waals surface area contributed by atoms with E-state index >= 15 is 0 Å². The molecule has 2 bridgehead atoms. The summed E-state index contributed by atoms with van der Waals surface area (Å²) in [5, 5.41) is 11.0. The number of carbonyl (C=O) groups excluding carboxylic acids is 1. The van der Waals surface area contributed by atoms with Crippen LogP contribution in [0, 0.1) is 10.8 Å². The van der Waals surface area contributed by atoms with Gasteiger partial charge in [-0.15, -0.1) is 0 Å². The van der Waals surface area contributed by atoms with Gasteiger partial charge in [0.25, 0.3) is 0 Å². The fourth-order valence-electron chi connectivity index (χ4n) is 3.73. The second kappa shape index (κ2) is 5.26. The third kappa shape index (κ3) is 2.32. The first-order valence-electron chi connectivity index (χ1n) is 7.67. The lowest BCUT2D eigenvalue weighted by Crippen LogP contribution is -2.55. The number of carboxylic acid groups (broad SMARTS) is 1. The number of amides is 1. The van der Waals surface area contributed by atoms with E-state index in [0.29, 0.717) is 44.3 Å². The molecule has 0 spiro atoms. The number of fused-ring (bicyclic) bond motifs is 3. The minimum absolute atomic E-state index is 0.0145. The zero-order chi connectivity index (χ0) is 15.8. The van der Waals surface area contributed by atoms with Crippen molar-refractivity contribution in [3.63, 3.8) is 0 Å². The molecule has 0 aliphatic heterocycles. The molecule has 0 unspecified atom stereocenters. The number of aromatic nitrogens is 1. The van der Waals surface area contributed by atoms with E-state index in [-0.39, 0.29) is 5.91 Å². The van der Waals surface area contributed by atoms with Gasteiger partial charge in [-0.3, -0.25) is 20.0 Å². The molecule has 22 heavy (non-hydrogen) atoms. The summed E-state index contributed by atoms with van der Waals surface area (Å²) in [6, 6.07) is 5.52. The molecule has 6 heteroatoms. The Balaban J connectivity index is 1.68. The Morgan fingerprint density at radius 1 is 1.14 bits per heavy atom. The number of rotatable bonds is 4. The minimum atomic E-state index is -0.702. The van der Waals surface area contributed by atoms with Crippen molar-refractivity contribution < 1.29 is 14.7 Å². The van der Waals surface area contributed by atoms with Crippen molar-refractivity contribution in [3.05, 3.63) is 24.4 Å². The quantitative estimate of drug-likeness (QED) is 0.831. The first kappa shape index (κ1) is 14.8. The van der Waals surface area contributed by atoms with E-state index in [2.05, 4.69) is 10.4 Å². The standard InChI is InChI=1S/C16H21N3O3/c1-19(12-4-2-3-11-17-12)18-13(20)15-5-8-16(9-6-15,10-7-15)14(21)22/h2-4,11H,5-10H2,1H3,(H,18,20)(H,21,22). The summed E-state index contributed by atoms with van der Waals surface area (Å²) in [5.41, 5.74) is 1.90. The summed E-state index contributed by atoms with van der Waals surface area (Å²) in [5.74, 6) is -0.0371. The Morgan fingerprint density at radius 2 is 1.73 bits per heavy atom. The fraction of sp³-hybridized carbons (Fsp3) is 0.562. The van der Waals surface area contributed by atoms with E-state index in [1.165, 1.54) is 0 Å². The van der Waals surface area contributed by atoms with E-state index in [1.54, 1.807) is 18.3 Å². The van der Waals surface area contributed by atoms with Crippen molar-refractivity contribution in [2.45, 2.75) is 38.5 Å². The maximum Gasteiger partial charge on any atom is 0.309 e. The lowest BCUT2D eigenvalue weighted by Gasteiger charge is -2.50. The van der Waals surface area contributed by atoms with Crippen LogP contribution >= 0.6 is 0 Å². The number of hydrogen-bond donors (Lipinski definition) is 2. The highest BCUT2D eigenvalue weighted by Crippen LogP contribution is 2.57. The van der Waals surface area contributed by atoms with Gasteiger partial charge in [-0.1, -0.05) is 6.07 Å². The third-order valence-electron chi connectivity index (χ3n) is 5.44. The number of hydrazine groups is 1. The highest BCUT2D eigenvalue weighted by molar-refractivity contribution is 5.85. The lowest BCUT2D eigenvalue weighted by molar-refractivity contribution is -0.163. The van der Waals surface area contributed by atoms with Gasteiger partial charge in [0.05, 0.1) is 10.8 Å². The number of aliphatic carboxylic acids is 1. The Hall–Kier alpha value is -2.11. The summed E-state index contributed by atoms with van der Waals surface area (Å²) >= 11 is 0. The van der Waals surface area contributed by atoms with Crippen LogP contribution in [0.2, 0.25) is 0 Å². The summed E-state index contributed by atoms with van der Waals surface area (Å²) < 4.78 is 0. The Bertz CT molecular complexity index is 563. The second-order valence-corrected chi connectivity index (χ2v) is 6.55. The monoisotopic (exact) mass is 303 g/mol. The molecule has 4 rings (SSSR count). The summed E-state index contributed by atoms with van der Waals surface area (Å²) in [6.45, 7) is 0. The van der Waals surface area contributed by atoms with Crippen LogP contribution in [-0.2, 0) is 9.59 Å². The maximum atomic E-state index is 12.7. The van der Waals surface area contributed by atoms with E-state index in [4.69, 9.17) is 0 Å². The van der Waals surface area contributed by atoms with E-state index in [1.807, 2.05) is 18.2 Å². The van der Waals surface area contributed by atoms with Crippen molar-refractivity contribution >= 4 is 17.7 Å². The van der Waals surface area contributed by atoms with E-state index in [9.17, 15) is 14.7 Å². The van der Waals surface area contributed by atoms with Crippen molar-refractivity contribution in [1.29, 1.82) is 0 Å². The van der Waals surface area contributed by atoms with Crippen LogP contribution in [0.25, 0.3) is 0 Å². The zero-order valence-corrected chi connectivity index (χ0v) is 12.7. The number of carbonyl (C=O) groups is 2. The molecule has 0 atom stereocenters. The molecule has 3 saturated carbocycles. The second-order valence-electron chi connectivity index (χ2n) is 6.55. The number of anilines is 1. The Kier molecular flexibility index (Phi) is 3.54. The smallest absolute Gasteiger partial charge is 0.309 e. The van der Waals surface area contributed by atoms with E-state index in [0.717, 1.165) is 0 Å². The van der Waals surface area contributed by atoms with Crippen LogP contribution < -0.4 is 10.4 Å². The number of carboxylic acids is 1. The number of pyridine rings is 1. The van der Waals surface area contributed by atoms with Crippen LogP contribution in [0.3, 0.4) is 0 Å². The van der Waals surface area contributed by atoms with Crippen molar-refractivity contribution in [1.82, 2.24) is 10.4 Å². The van der Waals surface area contributed by atoms with Crippen LogP contribution in [0.5, 0.6) is 0 Å². The highest BCUT2D eigenvalue weighted by atomic mass is 16.4. The van der Waals surface area contributed by atoms with Crippen LogP contribution in [0.1, 0.15) is 38.5 Å². The van der Waals surface area contributed by atoms with Gasteiger partial charge in [0.15, 0.2) is 0 Å². The third-order valence-corrected chi connectivity index (χ3v) is 5.44. The van der Waals surface area contributed by atoms with Crippen LogP contribution in [0.4, 0.5) is 5.82 Å². The van der Waals surface area contributed by atoms with Gasteiger partial charge in [0.1, 0.15) is 5.82 Å². The highest BCUT2D eigenvalue weighted by Gasteiger charge is 2.55. The van der Waals surface area contributed by atoms with E-state index < -0.39 is 16.8 Å². The first-order chi connectivity index (χ1) is 10.5. The molecular formula is C16H21N3O3. The fourth-order valence-corrected chi connectivity index (χ4v) is 3.73. The number of nitrogens with zero attached hydrogens (tertiary/aromatic N) is 2. The average Bonchev–Trinajstić information content (AvgIpc) is 2.57. The molecule has 0 radical (unpaired) electrons. The predicted octanol–water partition coefficient (Wildman–Crippen LogP) is 1.97. The molecule has 0 saturated heterocycles. The summed E-state index contributed by atoms with van der Waals surface area (Å²) in [7, 11) is 1.77. The van der Waals surface area contributed by atoms with Gasteiger partial charge in [-0.2, -0.15) is 0 Å². The normalized spacial score (nSPS) is 29.9. The van der Waals surface area contributed by atoms with Crippen molar-refractivity contribution in [2.24, 2.45) is 10.8 Å². The summed E-state index contributed by atoms with van der Waals surface area (Å²) in [4.78, 5) is 28.4. The molecule has 3 fully saturated rings. The molecule has 0 aromatic carbocycles. The molecule has 3 aliphatic carbocycles. The maximum absolute atomic E-state index is 12.7. The molecule has 118 valence electrons. The van der Waals surface area contributed by atoms with Crippen molar-refractivity contribution in [2.75, 3.05) is 12.1 Å². The molecule has 2 N–H and O–H groups in total. The number of hydrogen-bond acceptors (Lipinski definition) is 4. The minimum Gasteiger partial charge on any atom is -0.481 e. The molecular weight excluding hydrogens is 282 g/mol. The number of nitrogens with one attached hydrogen (secondary N) is 1. The predicted molar refractivity (Wildman–Crippen MR) is 81.0 cm³/mol. The average molecular weight is 303 g/mol. The van der Waals surface area contributed by atoms with Gasteiger partial charge >= 0.3 is 5.97 Å². The van der Waals surface area contributed by atoms with Crippen LogP contribution in [-0.4, -0.2) is 29.0 Å². The van der Waals surface area contributed by atoms with Gasteiger partial charge in [-0.05, 0) is 50.7 Å². The van der Waals surface area contributed by atoms with Crippen LogP contribution in [0.15, 0.2) is 24.4 Å². The molecule has 1 amide bonds. The summed E-state index contributed by atoms with van der Waals surface area (Å²) in [6.07, 6.45) is 5.44. The SMILES string of the molecule is CN(NC(=O)C12CCC(C(=O)O)(CC1)CC2)c1ccccn1. The Labute approximate surface area is 129 Å². The molecule has 1 heterocycles. The van der Waals surface area contributed by atoms with Crippen molar-refractivity contribution in [3.8, 4) is 0 Å². The van der Waals surface area contributed by atoms with Gasteiger partial charge in [0.2, 0.25) is 5.91 Å². The van der Waals surface area contributed by atoms with Gasteiger partial charge in [-0.25, -0.2) is 4.98 Å². The van der Waals surface area contributed by atoms with Gasteiger partial charge in [0, 0.05) is 13.2 Å². The molecule has 1 aromatic rings. The molecule has 6 nitrogen and oxygen atoms in total.